The molecule has 0 aromatic heterocycles. The second-order valence-corrected chi connectivity index (χ2v) is 8.96. The molecular formula is C30H32Cl2FN2Y-. The van der Waals surface area contributed by atoms with Crippen LogP contribution in [0.3, 0.4) is 0 Å². The summed E-state index contributed by atoms with van der Waals surface area (Å²) in [6.45, 7) is 13.4. The molecule has 0 saturated carbocycles. The van der Waals surface area contributed by atoms with Crippen molar-refractivity contribution in [2.24, 2.45) is 5.10 Å². The number of benzene rings is 2. The minimum atomic E-state index is -0.253. The first-order valence-electron chi connectivity index (χ1n) is 11.4. The van der Waals surface area contributed by atoms with Gasteiger partial charge in [0, 0.05) is 60.1 Å². The predicted octanol–water partition coefficient (Wildman–Crippen LogP) is 9.21. The molecule has 1 N–H and O–H groups in total. The average Bonchev–Trinajstić information content (AvgIpc) is 2.83. The summed E-state index contributed by atoms with van der Waals surface area (Å²) in [5, 5.41) is 5.72. The topological polar surface area (TPSA) is 24.4 Å². The Hall–Kier alpha value is -1.78. The first kappa shape index (κ1) is 32.3. The van der Waals surface area contributed by atoms with Gasteiger partial charge in [-0.05, 0) is 61.1 Å². The minimum absolute atomic E-state index is 0. The Morgan fingerprint density at radius 2 is 1.69 bits per heavy atom. The van der Waals surface area contributed by atoms with Crippen LogP contribution in [0.25, 0.3) is 11.1 Å². The Bertz CT molecular complexity index is 1140. The second kappa shape index (κ2) is 16.9. The van der Waals surface area contributed by atoms with Crippen molar-refractivity contribution in [2.75, 3.05) is 0 Å². The van der Waals surface area contributed by atoms with Crippen molar-refractivity contribution < 1.29 is 37.1 Å². The van der Waals surface area contributed by atoms with Crippen molar-refractivity contribution in [2.45, 2.75) is 40.0 Å². The molecule has 2 aromatic rings. The molecular weight excluding hydrogens is 567 g/mol. The van der Waals surface area contributed by atoms with Crippen LogP contribution in [0.4, 0.5) is 4.39 Å². The zero-order valence-electron chi connectivity index (χ0n) is 21.1. The molecule has 3 rings (SSSR count). The molecule has 1 aliphatic rings. The van der Waals surface area contributed by atoms with Crippen LogP contribution in [0.2, 0.25) is 0 Å². The Labute approximate surface area is 250 Å². The Balaban J connectivity index is 0.000000454. The van der Waals surface area contributed by atoms with Gasteiger partial charge < -0.3 is 6.42 Å². The Morgan fingerprint density at radius 3 is 2.19 bits per heavy atom. The summed E-state index contributed by atoms with van der Waals surface area (Å²) < 4.78 is 13.2. The third kappa shape index (κ3) is 9.94. The number of nitrogens with zero attached hydrogens (tertiary/aromatic N) is 1. The predicted molar refractivity (Wildman–Crippen MR) is 152 cm³/mol. The molecule has 0 atom stereocenters. The normalized spacial score (nSPS) is 13.7. The van der Waals surface area contributed by atoms with Crippen molar-refractivity contribution in [3.8, 4) is 0 Å². The van der Waals surface area contributed by atoms with E-state index in [2.05, 4.69) is 61.3 Å². The molecule has 0 amide bonds. The molecule has 0 bridgehead atoms. The van der Waals surface area contributed by atoms with Crippen LogP contribution in [-0.4, -0.2) is 6.21 Å². The van der Waals surface area contributed by atoms with Crippen LogP contribution < -0.4 is 5.43 Å². The van der Waals surface area contributed by atoms with E-state index in [1.54, 1.807) is 18.3 Å². The van der Waals surface area contributed by atoms with Crippen molar-refractivity contribution in [1.82, 2.24) is 5.43 Å². The van der Waals surface area contributed by atoms with E-state index < -0.39 is 0 Å². The fraction of sp³-hybridized carbons (Fsp3) is 0.200. The third-order valence-corrected chi connectivity index (χ3v) is 6.09. The maximum absolute atomic E-state index is 13.2. The molecule has 2 aromatic carbocycles. The van der Waals surface area contributed by atoms with E-state index in [9.17, 15) is 4.39 Å². The summed E-state index contributed by atoms with van der Waals surface area (Å²) >= 11 is 11.9. The molecule has 1 radical (unpaired) electrons. The summed E-state index contributed by atoms with van der Waals surface area (Å²) in [6.07, 6.45) is 10.1. The molecule has 36 heavy (non-hydrogen) atoms. The van der Waals surface area contributed by atoms with Gasteiger partial charge in [0.2, 0.25) is 0 Å². The van der Waals surface area contributed by atoms with Gasteiger partial charge in [0.1, 0.15) is 5.82 Å². The molecule has 187 valence electrons. The Kier molecular flexibility index (Phi) is 15.1. The van der Waals surface area contributed by atoms with Gasteiger partial charge in [-0.3, -0.25) is 5.43 Å². The zero-order chi connectivity index (χ0) is 25.8. The number of halogens is 3. The van der Waals surface area contributed by atoms with Gasteiger partial charge in [0.25, 0.3) is 0 Å². The van der Waals surface area contributed by atoms with Crippen molar-refractivity contribution in [3.63, 3.8) is 0 Å². The summed E-state index contributed by atoms with van der Waals surface area (Å²) in [5.41, 5.74) is 9.89. The molecule has 0 aliphatic heterocycles. The molecule has 1 aliphatic carbocycles. The van der Waals surface area contributed by atoms with Crippen molar-refractivity contribution in [3.05, 3.63) is 124 Å². The molecule has 0 heterocycles. The van der Waals surface area contributed by atoms with Crippen LogP contribution >= 0.6 is 23.2 Å². The smallest absolute Gasteiger partial charge is 0.123 e. The van der Waals surface area contributed by atoms with Crippen LogP contribution in [0.15, 0.2) is 100 Å². The van der Waals surface area contributed by atoms with E-state index in [0.29, 0.717) is 0 Å². The van der Waals surface area contributed by atoms with Gasteiger partial charge in [0.15, 0.2) is 0 Å². The fourth-order valence-electron chi connectivity index (χ4n) is 3.57. The summed E-state index contributed by atoms with van der Waals surface area (Å²) in [5.74, 6) is -0.253. The van der Waals surface area contributed by atoms with Crippen LogP contribution in [0.1, 0.15) is 50.3 Å². The van der Waals surface area contributed by atoms with E-state index in [0.717, 1.165) is 62.7 Å². The molecule has 0 saturated heterocycles. The van der Waals surface area contributed by atoms with Gasteiger partial charge in [-0.1, -0.05) is 84.4 Å². The summed E-state index contributed by atoms with van der Waals surface area (Å²) in [6, 6.07) is 14.9. The average molecular weight is 599 g/mol. The van der Waals surface area contributed by atoms with E-state index in [1.807, 2.05) is 19.9 Å². The standard InChI is InChI=1S/C21H22FN2.C9H10Cl2.Y/c1-4-6-17-7-9-18(10-8-17)16(3)21(15-24-23-5-2)19-11-13-20(22)14-12-19;1-6(2)9-7(10)4-3-5-8(9)11;/h4-5,7-15,23H,2,6H2,1,3H3;4H,1,3,5H2,2H3;/q-1;;/b21-16-,24-15-;;. The first-order chi connectivity index (χ1) is 16.8. The van der Waals surface area contributed by atoms with Gasteiger partial charge in [-0.15, -0.1) is 0 Å². The number of nitrogens with one attached hydrogen (secondary N) is 1. The van der Waals surface area contributed by atoms with E-state index in [4.69, 9.17) is 23.2 Å². The van der Waals surface area contributed by atoms with Gasteiger partial charge in [-0.25, -0.2) is 4.39 Å². The molecule has 0 fully saturated rings. The fourth-order valence-corrected chi connectivity index (χ4v) is 4.38. The third-order valence-electron chi connectivity index (χ3n) is 5.37. The largest absolute Gasteiger partial charge is 0.327 e. The van der Waals surface area contributed by atoms with Crippen LogP contribution in [0.5, 0.6) is 0 Å². The zero-order valence-corrected chi connectivity index (χ0v) is 25.5. The van der Waals surface area contributed by atoms with E-state index in [-0.39, 0.29) is 38.5 Å². The summed E-state index contributed by atoms with van der Waals surface area (Å²) in [7, 11) is 0. The minimum Gasteiger partial charge on any atom is -0.327 e. The second-order valence-electron chi connectivity index (χ2n) is 8.10. The van der Waals surface area contributed by atoms with Crippen LogP contribution in [-0.2, 0) is 39.1 Å². The van der Waals surface area contributed by atoms with Crippen LogP contribution in [0, 0.1) is 12.2 Å². The van der Waals surface area contributed by atoms with Gasteiger partial charge in [-0.2, -0.15) is 18.4 Å². The first-order valence-corrected chi connectivity index (χ1v) is 12.2. The maximum Gasteiger partial charge on any atom is 0.123 e. The molecule has 2 nitrogen and oxygen atoms in total. The number of hydrogen-bond acceptors (Lipinski definition) is 2. The number of hydrogen-bond donors (Lipinski definition) is 1. The summed E-state index contributed by atoms with van der Waals surface area (Å²) in [4.78, 5) is 0. The SMILES string of the molecule is C=C(C)C1=C(Cl)CCC=C1Cl.C=CN/N=C\C(=C(/C)c1ccc(C[CH-]C)cc1)c1ccc(F)cc1.[Y]. The number of hydrazone groups is 1. The van der Waals surface area contributed by atoms with E-state index >= 15 is 0 Å². The van der Waals surface area contributed by atoms with Crippen molar-refractivity contribution in [1.29, 1.82) is 0 Å². The van der Waals surface area contributed by atoms with Gasteiger partial charge in [0.05, 0.1) is 6.21 Å². The number of rotatable bonds is 8. The Morgan fingerprint density at radius 1 is 1.08 bits per heavy atom. The van der Waals surface area contributed by atoms with E-state index in [1.165, 1.54) is 23.9 Å². The molecule has 0 unspecified atom stereocenters. The van der Waals surface area contributed by atoms with Crippen molar-refractivity contribution >= 4 is 40.6 Å². The maximum atomic E-state index is 13.2. The quantitative estimate of drug-likeness (QED) is 0.139. The molecule has 6 heteroatoms. The molecule has 0 spiro atoms. The number of allylic oxidation sites excluding steroid dienone is 7. The van der Waals surface area contributed by atoms with Gasteiger partial charge >= 0.3 is 0 Å². The monoisotopic (exact) mass is 598 g/mol.